The maximum atomic E-state index is 11.8. The van der Waals surface area contributed by atoms with Gasteiger partial charge in [-0.3, -0.25) is 4.98 Å². The fraction of sp³-hybridized carbons (Fsp3) is 0.143. The molecule has 1 aromatic carbocycles. The number of halogens is 1. The second-order valence-electron chi connectivity index (χ2n) is 4.21. The Bertz CT molecular complexity index is 658. The number of nitrogens with one attached hydrogen (secondary N) is 1. The van der Waals surface area contributed by atoms with Gasteiger partial charge in [0, 0.05) is 18.8 Å². The fourth-order valence-electron chi connectivity index (χ4n) is 2.21. The van der Waals surface area contributed by atoms with E-state index in [1.807, 2.05) is 18.2 Å². The minimum atomic E-state index is -0.483. The van der Waals surface area contributed by atoms with Gasteiger partial charge >= 0.3 is 5.97 Å². The molecule has 2 heterocycles. The third kappa shape index (κ3) is 1.94. The molecule has 1 aliphatic heterocycles. The number of hydrogen-bond acceptors (Lipinski definition) is 4. The molecule has 0 saturated heterocycles. The van der Waals surface area contributed by atoms with Gasteiger partial charge in [-0.1, -0.05) is 29.8 Å². The molecule has 19 heavy (non-hydrogen) atoms. The molecule has 4 nitrogen and oxygen atoms in total. The SMILES string of the molecule is CNc1cc(Cl)cnc1C1OC(=O)c2ccccc21. The second-order valence-corrected chi connectivity index (χ2v) is 4.65. The number of pyridine rings is 1. The molecule has 3 rings (SSSR count). The molecule has 5 heteroatoms. The van der Waals surface area contributed by atoms with E-state index < -0.39 is 6.10 Å². The lowest BCUT2D eigenvalue weighted by Gasteiger charge is -2.14. The molecule has 0 spiro atoms. The molecule has 1 atom stereocenters. The van der Waals surface area contributed by atoms with Crippen LogP contribution in [0.3, 0.4) is 0 Å². The first-order chi connectivity index (χ1) is 9.20. The van der Waals surface area contributed by atoms with Gasteiger partial charge in [0.25, 0.3) is 0 Å². The van der Waals surface area contributed by atoms with Crippen molar-refractivity contribution in [2.75, 3.05) is 12.4 Å². The highest BCUT2D eigenvalue weighted by atomic mass is 35.5. The van der Waals surface area contributed by atoms with Crippen molar-refractivity contribution < 1.29 is 9.53 Å². The quantitative estimate of drug-likeness (QED) is 0.855. The number of carbonyl (C=O) groups excluding carboxylic acids is 1. The molecule has 1 aromatic heterocycles. The van der Waals surface area contributed by atoms with E-state index in [-0.39, 0.29) is 5.97 Å². The van der Waals surface area contributed by atoms with Crippen molar-refractivity contribution in [3.63, 3.8) is 0 Å². The van der Waals surface area contributed by atoms with Gasteiger partial charge in [0.05, 0.1) is 16.3 Å². The van der Waals surface area contributed by atoms with Crippen molar-refractivity contribution in [1.29, 1.82) is 0 Å². The number of ether oxygens (including phenoxy) is 1. The fourth-order valence-corrected chi connectivity index (χ4v) is 2.37. The van der Waals surface area contributed by atoms with E-state index >= 15 is 0 Å². The molecule has 0 bridgehead atoms. The normalized spacial score (nSPS) is 16.9. The Morgan fingerprint density at radius 1 is 1.37 bits per heavy atom. The Balaban J connectivity index is 2.12. The summed E-state index contributed by atoms with van der Waals surface area (Å²) in [6.07, 6.45) is 1.07. The van der Waals surface area contributed by atoms with Crippen molar-refractivity contribution in [1.82, 2.24) is 4.98 Å². The van der Waals surface area contributed by atoms with Gasteiger partial charge in [-0.2, -0.15) is 0 Å². The van der Waals surface area contributed by atoms with Crippen LogP contribution in [0.25, 0.3) is 0 Å². The first-order valence-corrected chi connectivity index (χ1v) is 6.21. The number of nitrogens with zero attached hydrogens (tertiary/aromatic N) is 1. The van der Waals surface area contributed by atoms with Crippen LogP contribution in [0.1, 0.15) is 27.7 Å². The number of cyclic esters (lactones) is 1. The monoisotopic (exact) mass is 274 g/mol. The van der Waals surface area contributed by atoms with Crippen LogP contribution in [0, 0.1) is 0 Å². The molecule has 0 fully saturated rings. The molecule has 0 amide bonds. The van der Waals surface area contributed by atoms with Crippen molar-refractivity contribution >= 4 is 23.3 Å². The number of esters is 1. The Hall–Kier alpha value is -2.07. The summed E-state index contributed by atoms with van der Waals surface area (Å²) in [5, 5.41) is 3.55. The van der Waals surface area contributed by atoms with Crippen LogP contribution in [0.5, 0.6) is 0 Å². The molecule has 1 N–H and O–H groups in total. The van der Waals surface area contributed by atoms with Crippen LogP contribution in [-0.2, 0) is 4.74 Å². The van der Waals surface area contributed by atoms with E-state index in [0.29, 0.717) is 16.3 Å². The van der Waals surface area contributed by atoms with Crippen molar-refractivity contribution in [3.8, 4) is 0 Å². The van der Waals surface area contributed by atoms with E-state index in [9.17, 15) is 4.79 Å². The van der Waals surface area contributed by atoms with Crippen LogP contribution in [0.4, 0.5) is 5.69 Å². The molecular weight excluding hydrogens is 264 g/mol. The highest BCUT2D eigenvalue weighted by Crippen LogP contribution is 2.38. The summed E-state index contributed by atoms with van der Waals surface area (Å²) in [5.41, 5.74) is 2.83. The molecule has 96 valence electrons. The summed E-state index contributed by atoms with van der Waals surface area (Å²) >= 11 is 5.92. The van der Waals surface area contributed by atoms with Gasteiger partial charge < -0.3 is 10.1 Å². The molecule has 0 radical (unpaired) electrons. The maximum Gasteiger partial charge on any atom is 0.339 e. The van der Waals surface area contributed by atoms with Crippen LogP contribution >= 0.6 is 11.6 Å². The van der Waals surface area contributed by atoms with Crippen molar-refractivity contribution in [2.45, 2.75) is 6.10 Å². The minimum Gasteiger partial charge on any atom is -0.447 e. The molecule has 1 aliphatic rings. The van der Waals surface area contributed by atoms with E-state index in [1.54, 1.807) is 25.4 Å². The summed E-state index contributed by atoms with van der Waals surface area (Å²) in [7, 11) is 1.78. The van der Waals surface area contributed by atoms with E-state index in [4.69, 9.17) is 16.3 Å². The largest absolute Gasteiger partial charge is 0.447 e. The highest BCUT2D eigenvalue weighted by Gasteiger charge is 2.34. The van der Waals surface area contributed by atoms with Crippen LogP contribution in [-0.4, -0.2) is 18.0 Å². The summed E-state index contributed by atoms with van der Waals surface area (Å²) in [4.78, 5) is 16.1. The molecular formula is C14H11ClN2O2. The number of anilines is 1. The average molecular weight is 275 g/mol. The smallest absolute Gasteiger partial charge is 0.339 e. The lowest BCUT2D eigenvalue weighted by Crippen LogP contribution is -2.07. The first-order valence-electron chi connectivity index (χ1n) is 5.84. The third-order valence-electron chi connectivity index (χ3n) is 3.09. The Morgan fingerprint density at radius 2 is 2.16 bits per heavy atom. The predicted octanol–water partition coefficient (Wildman–Crippen LogP) is 3.04. The Kier molecular flexibility index (Phi) is 2.87. The zero-order chi connectivity index (χ0) is 13.4. The van der Waals surface area contributed by atoms with Crippen LogP contribution < -0.4 is 5.32 Å². The summed E-state index contributed by atoms with van der Waals surface area (Å²) in [6.45, 7) is 0. The van der Waals surface area contributed by atoms with Crippen LogP contribution in [0.15, 0.2) is 36.5 Å². The summed E-state index contributed by atoms with van der Waals surface area (Å²) in [5.74, 6) is -0.320. The first kappa shape index (κ1) is 12.0. The maximum absolute atomic E-state index is 11.8. The molecule has 0 saturated carbocycles. The highest BCUT2D eigenvalue weighted by molar-refractivity contribution is 6.30. The van der Waals surface area contributed by atoms with Gasteiger partial charge in [0.15, 0.2) is 6.10 Å². The topological polar surface area (TPSA) is 51.2 Å². The Morgan fingerprint density at radius 3 is 2.95 bits per heavy atom. The van der Waals surface area contributed by atoms with E-state index in [1.165, 1.54) is 0 Å². The molecule has 1 unspecified atom stereocenters. The standard InChI is InChI=1S/C14H11ClN2O2/c1-16-11-6-8(15)7-17-12(11)13-9-4-2-3-5-10(9)14(18)19-13/h2-7,13,16H,1H3. The average Bonchev–Trinajstić information content (AvgIpc) is 2.76. The van der Waals surface area contributed by atoms with Gasteiger partial charge in [0.2, 0.25) is 0 Å². The third-order valence-corrected chi connectivity index (χ3v) is 3.30. The van der Waals surface area contributed by atoms with Crippen molar-refractivity contribution in [3.05, 3.63) is 58.4 Å². The zero-order valence-corrected chi connectivity index (χ0v) is 10.9. The van der Waals surface area contributed by atoms with E-state index in [0.717, 1.165) is 11.3 Å². The van der Waals surface area contributed by atoms with Gasteiger partial charge in [-0.25, -0.2) is 4.79 Å². The van der Waals surface area contributed by atoms with Gasteiger partial charge in [0.1, 0.15) is 5.69 Å². The molecule has 0 aliphatic carbocycles. The predicted molar refractivity (Wildman–Crippen MR) is 72.5 cm³/mol. The number of aromatic nitrogens is 1. The van der Waals surface area contributed by atoms with Crippen molar-refractivity contribution in [2.24, 2.45) is 0 Å². The van der Waals surface area contributed by atoms with E-state index in [2.05, 4.69) is 10.3 Å². The molecule has 2 aromatic rings. The lowest BCUT2D eigenvalue weighted by molar-refractivity contribution is 0.0450. The number of benzene rings is 1. The summed E-state index contributed by atoms with van der Waals surface area (Å²) in [6, 6.07) is 9.09. The second kappa shape index (κ2) is 4.55. The number of rotatable bonds is 2. The van der Waals surface area contributed by atoms with Gasteiger partial charge in [-0.05, 0) is 12.1 Å². The Labute approximate surface area is 115 Å². The summed E-state index contributed by atoms with van der Waals surface area (Å²) < 4.78 is 5.42. The number of carbonyl (C=O) groups is 1. The number of hydrogen-bond donors (Lipinski definition) is 1. The zero-order valence-electron chi connectivity index (χ0n) is 10.2. The minimum absolute atomic E-state index is 0.320. The van der Waals surface area contributed by atoms with Crippen LogP contribution in [0.2, 0.25) is 5.02 Å². The number of fused-ring (bicyclic) bond motifs is 1. The lowest BCUT2D eigenvalue weighted by atomic mass is 10.0. The van der Waals surface area contributed by atoms with Gasteiger partial charge in [-0.15, -0.1) is 0 Å².